The van der Waals surface area contributed by atoms with Gasteiger partial charge in [-0.15, -0.1) is 0 Å². The lowest BCUT2D eigenvalue weighted by Crippen LogP contribution is -1.97. The molecule has 0 saturated carbocycles. The molecular formula is C18H27NO. The molecule has 2 heteroatoms. The van der Waals surface area contributed by atoms with Gasteiger partial charge in [-0.05, 0) is 25.0 Å². The number of carbonyl (C=O) groups excluding carboxylic acids is 1. The van der Waals surface area contributed by atoms with Crippen molar-refractivity contribution in [1.82, 2.24) is 0 Å². The van der Waals surface area contributed by atoms with Gasteiger partial charge in [0.1, 0.15) is 6.29 Å². The summed E-state index contributed by atoms with van der Waals surface area (Å²) < 4.78 is 0. The second-order valence-corrected chi connectivity index (χ2v) is 3.62. The van der Waals surface area contributed by atoms with E-state index in [1.807, 2.05) is 39.0 Å². The average Bonchev–Trinajstić information content (AvgIpc) is 2.52. The highest BCUT2D eigenvalue weighted by Crippen LogP contribution is 2.15. The zero-order valence-corrected chi connectivity index (χ0v) is 13.1. The molecule has 0 aliphatic heterocycles. The molecule has 2 N–H and O–H groups in total. The van der Waals surface area contributed by atoms with E-state index in [2.05, 4.69) is 49.6 Å². The topological polar surface area (TPSA) is 43.1 Å². The Bertz CT molecular complexity index is 414. The van der Waals surface area contributed by atoms with Crippen LogP contribution in [0.3, 0.4) is 0 Å². The zero-order valence-electron chi connectivity index (χ0n) is 13.1. The first-order valence-electron chi connectivity index (χ1n) is 6.85. The van der Waals surface area contributed by atoms with Crippen LogP contribution in [-0.2, 0) is 4.79 Å². The Labute approximate surface area is 123 Å². The number of hydrogen-bond donors (Lipinski definition) is 1. The van der Waals surface area contributed by atoms with Crippen LogP contribution in [0.25, 0.3) is 5.57 Å². The van der Waals surface area contributed by atoms with E-state index in [-0.39, 0.29) is 6.54 Å². The molecule has 0 atom stereocenters. The number of aryl methyl sites for hydroxylation is 1. The molecular weight excluding hydrogens is 246 g/mol. The summed E-state index contributed by atoms with van der Waals surface area (Å²) in [5.41, 5.74) is 8.31. The molecule has 0 unspecified atom stereocenters. The molecule has 0 saturated heterocycles. The van der Waals surface area contributed by atoms with E-state index in [0.29, 0.717) is 6.29 Å². The smallest absolute Gasteiger partial charge is 0.133 e. The van der Waals surface area contributed by atoms with Crippen LogP contribution >= 0.6 is 0 Å². The SMILES string of the molecule is C=C/C(=C\C=C/C)c1ccc(C)cc1.CC.NCC=O. The van der Waals surface area contributed by atoms with Crippen molar-refractivity contribution >= 4 is 11.9 Å². The Hall–Kier alpha value is -1.93. The van der Waals surface area contributed by atoms with Crippen LogP contribution in [0, 0.1) is 6.92 Å². The zero-order chi connectivity index (χ0) is 15.8. The van der Waals surface area contributed by atoms with Crippen molar-refractivity contribution < 1.29 is 4.79 Å². The third-order valence-electron chi connectivity index (χ3n) is 2.17. The number of aldehydes is 1. The van der Waals surface area contributed by atoms with E-state index < -0.39 is 0 Å². The van der Waals surface area contributed by atoms with Crippen molar-refractivity contribution in [1.29, 1.82) is 0 Å². The molecule has 0 radical (unpaired) electrons. The van der Waals surface area contributed by atoms with Gasteiger partial charge in [-0.25, -0.2) is 0 Å². The lowest BCUT2D eigenvalue weighted by Gasteiger charge is -2.01. The van der Waals surface area contributed by atoms with Crippen molar-refractivity contribution in [2.45, 2.75) is 27.7 Å². The van der Waals surface area contributed by atoms with Gasteiger partial charge >= 0.3 is 0 Å². The number of hydrogen-bond acceptors (Lipinski definition) is 2. The van der Waals surface area contributed by atoms with Crippen LogP contribution in [0.15, 0.2) is 55.1 Å². The van der Waals surface area contributed by atoms with Crippen molar-refractivity contribution in [3.63, 3.8) is 0 Å². The van der Waals surface area contributed by atoms with Crippen LogP contribution in [0.2, 0.25) is 0 Å². The number of rotatable bonds is 4. The second-order valence-electron chi connectivity index (χ2n) is 3.62. The molecule has 1 rings (SSSR count). The molecule has 0 amide bonds. The summed E-state index contributed by atoms with van der Waals surface area (Å²) in [5, 5.41) is 0. The van der Waals surface area contributed by atoms with Gasteiger partial charge in [0.15, 0.2) is 0 Å². The highest BCUT2D eigenvalue weighted by Gasteiger charge is 1.94. The third kappa shape index (κ3) is 10.0. The fraction of sp³-hybridized carbons (Fsp3) is 0.278. The Kier molecular flexibility index (Phi) is 15.4. The van der Waals surface area contributed by atoms with Crippen LogP contribution in [-0.4, -0.2) is 12.8 Å². The minimum Gasteiger partial charge on any atom is -0.324 e. The van der Waals surface area contributed by atoms with E-state index in [9.17, 15) is 0 Å². The van der Waals surface area contributed by atoms with E-state index in [0.717, 1.165) is 5.57 Å². The summed E-state index contributed by atoms with van der Waals surface area (Å²) in [6.45, 7) is 12.0. The second kappa shape index (κ2) is 15.1. The van der Waals surface area contributed by atoms with Crippen molar-refractivity contribution in [3.05, 3.63) is 66.3 Å². The van der Waals surface area contributed by atoms with E-state index in [1.165, 1.54) is 11.1 Å². The van der Waals surface area contributed by atoms with Crippen LogP contribution in [0.5, 0.6) is 0 Å². The predicted octanol–water partition coefficient (Wildman–Crippen LogP) is 4.31. The molecule has 2 nitrogen and oxygen atoms in total. The minimum atomic E-state index is 0.139. The van der Waals surface area contributed by atoms with E-state index >= 15 is 0 Å². The summed E-state index contributed by atoms with van der Waals surface area (Å²) in [6, 6.07) is 8.46. The van der Waals surface area contributed by atoms with Crippen molar-refractivity contribution in [2.75, 3.05) is 6.54 Å². The van der Waals surface area contributed by atoms with Crippen LogP contribution in [0.4, 0.5) is 0 Å². The molecule has 1 aromatic carbocycles. The largest absolute Gasteiger partial charge is 0.324 e. The molecule has 0 spiro atoms. The molecule has 0 aliphatic rings. The van der Waals surface area contributed by atoms with Gasteiger partial charge in [0, 0.05) is 6.54 Å². The Morgan fingerprint density at radius 2 is 1.75 bits per heavy atom. The number of nitrogens with two attached hydrogens (primary N) is 1. The van der Waals surface area contributed by atoms with Crippen LogP contribution in [0.1, 0.15) is 31.9 Å². The van der Waals surface area contributed by atoms with Crippen LogP contribution < -0.4 is 5.73 Å². The van der Waals surface area contributed by atoms with Crippen molar-refractivity contribution in [3.8, 4) is 0 Å². The molecule has 110 valence electrons. The fourth-order valence-corrected chi connectivity index (χ4v) is 1.23. The maximum absolute atomic E-state index is 9.05. The maximum Gasteiger partial charge on any atom is 0.133 e. The number of allylic oxidation sites excluding steroid dienone is 5. The predicted molar refractivity (Wildman–Crippen MR) is 90.6 cm³/mol. The quantitative estimate of drug-likeness (QED) is 0.656. The lowest BCUT2D eigenvalue weighted by molar-refractivity contribution is -0.106. The molecule has 0 heterocycles. The lowest BCUT2D eigenvalue weighted by atomic mass is 10.0. The minimum absolute atomic E-state index is 0.139. The Morgan fingerprint density at radius 1 is 1.25 bits per heavy atom. The van der Waals surface area contributed by atoms with E-state index in [4.69, 9.17) is 4.79 Å². The monoisotopic (exact) mass is 273 g/mol. The summed E-state index contributed by atoms with van der Waals surface area (Å²) in [4.78, 5) is 9.05. The maximum atomic E-state index is 9.05. The van der Waals surface area contributed by atoms with Gasteiger partial charge < -0.3 is 10.5 Å². The summed E-state index contributed by atoms with van der Waals surface area (Å²) in [6.07, 6.45) is 8.64. The standard InChI is InChI=1S/C14H16.C2H5NO.C2H6/c1-4-6-7-13(5-2)14-10-8-12(3)9-11-14;3-1-2-4;1-2/h4-11H,2H2,1,3H3;2H,1,3H2;1-2H3/b6-4-,13-7+;;. The van der Waals surface area contributed by atoms with Gasteiger partial charge in [-0.1, -0.05) is 74.6 Å². The number of benzene rings is 1. The van der Waals surface area contributed by atoms with Gasteiger partial charge in [0.25, 0.3) is 0 Å². The molecule has 20 heavy (non-hydrogen) atoms. The van der Waals surface area contributed by atoms with Gasteiger partial charge in [-0.3, -0.25) is 0 Å². The highest BCUT2D eigenvalue weighted by molar-refractivity contribution is 5.74. The first-order chi connectivity index (χ1) is 9.69. The molecule has 0 bridgehead atoms. The molecule has 0 aliphatic carbocycles. The number of carbonyl (C=O) groups is 1. The van der Waals surface area contributed by atoms with E-state index in [1.54, 1.807) is 0 Å². The van der Waals surface area contributed by atoms with Crippen molar-refractivity contribution in [2.24, 2.45) is 5.73 Å². The van der Waals surface area contributed by atoms with Gasteiger partial charge in [0.05, 0.1) is 0 Å². The first kappa shape index (κ1) is 20.4. The average molecular weight is 273 g/mol. The summed E-state index contributed by atoms with van der Waals surface area (Å²) in [5.74, 6) is 0. The molecule has 0 aromatic heterocycles. The Morgan fingerprint density at radius 3 is 2.10 bits per heavy atom. The normalized spacial score (nSPS) is 9.95. The Balaban J connectivity index is 0. The third-order valence-corrected chi connectivity index (χ3v) is 2.17. The molecule has 0 fully saturated rings. The van der Waals surface area contributed by atoms with Gasteiger partial charge in [0.2, 0.25) is 0 Å². The summed E-state index contributed by atoms with van der Waals surface area (Å²) in [7, 11) is 0. The first-order valence-corrected chi connectivity index (χ1v) is 6.85. The fourth-order valence-electron chi connectivity index (χ4n) is 1.23. The highest BCUT2D eigenvalue weighted by atomic mass is 16.1. The molecule has 1 aromatic rings. The summed E-state index contributed by atoms with van der Waals surface area (Å²) >= 11 is 0. The van der Waals surface area contributed by atoms with Gasteiger partial charge in [-0.2, -0.15) is 0 Å².